The summed E-state index contributed by atoms with van der Waals surface area (Å²) >= 11 is 0. The number of rotatable bonds is 5. The summed E-state index contributed by atoms with van der Waals surface area (Å²) in [5, 5.41) is 9.86. The van der Waals surface area contributed by atoms with Crippen LogP contribution in [0.5, 0.6) is 5.75 Å². The average Bonchev–Trinajstić information content (AvgIpc) is 2.61. The molecular weight excluding hydrogens is 256 g/mol. The molecule has 0 unspecified atom stereocenters. The minimum absolute atomic E-state index is 0.0748. The van der Waals surface area contributed by atoms with Gasteiger partial charge in [0.05, 0.1) is 11.5 Å². The lowest BCUT2D eigenvalue weighted by molar-refractivity contribution is -0.137. The molecular formula is C12H14O5S. The zero-order valence-electron chi connectivity index (χ0n) is 9.57. The highest BCUT2D eigenvalue weighted by molar-refractivity contribution is 8.27. The van der Waals surface area contributed by atoms with E-state index in [4.69, 9.17) is 9.84 Å². The zero-order chi connectivity index (χ0) is 13.2. The third kappa shape index (κ3) is 2.84. The van der Waals surface area contributed by atoms with Crippen molar-refractivity contribution in [1.29, 1.82) is 0 Å². The van der Waals surface area contributed by atoms with Gasteiger partial charge < -0.3 is 9.84 Å². The predicted octanol–water partition coefficient (Wildman–Crippen LogP) is 3.02. The van der Waals surface area contributed by atoms with E-state index in [2.05, 4.69) is 0 Å². The molecule has 0 amide bonds. The summed E-state index contributed by atoms with van der Waals surface area (Å²) < 4.78 is 24.7. The molecule has 6 heteroatoms. The Morgan fingerprint density at radius 1 is 1.33 bits per heavy atom. The molecule has 0 saturated carbocycles. The van der Waals surface area contributed by atoms with Gasteiger partial charge in [0, 0.05) is 17.4 Å². The standard InChI is InChI=1S/C12H14O5S/c13-12(14)2-1-6-17-10-3-4-11-9(8-10)5-7-18(11,15)16/h3-5,7-8,15-16H,1-2,6H2,(H,13,14). The van der Waals surface area contributed by atoms with Crippen LogP contribution in [0.4, 0.5) is 0 Å². The molecule has 1 aliphatic heterocycles. The molecule has 1 aromatic carbocycles. The second-order valence-electron chi connectivity index (χ2n) is 3.94. The number of hydrogen-bond acceptors (Lipinski definition) is 4. The van der Waals surface area contributed by atoms with E-state index in [1.54, 1.807) is 24.3 Å². The van der Waals surface area contributed by atoms with Gasteiger partial charge in [0.15, 0.2) is 0 Å². The topological polar surface area (TPSA) is 87.0 Å². The molecule has 98 valence electrons. The summed E-state index contributed by atoms with van der Waals surface area (Å²) in [4.78, 5) is 10.8. The van der Waals surface area contributed by atoms with Crippen molar-refractivity contribution in [3.8, 4) is 5.75 Å². The summed E-state index contributed by atoms with van der Waals surface area (Å²) in [5.41, 5.74) is 0.728. The third-order valence-corrected chi connectivity index (χ3v) is 4.08. The van der Waals surface area contributed by atoms with Crippen LogP contribution in [0.3, 0.4) is 0 Å². The Labute approximate surface area is 106 Å². The molecule has 0 radical (unpaired) electrons. The fourth-order valence-corrected chi connectivity index (χ4v) is 2.90. The highest BCUT2D eigenvalue weighted by Crippen LogP contribution is 2.56. The van der Waals surface area contributed by atoms with Crippen LogP contribution in [0.1, 0.15) is 18.4 Å². The van der Waals surface area contributed by atoms with Crippen LogP contribution in [0.25, 0.3) is 6.08 Å². The lowest BCUT2D eigenvalue weighted by Gasteiger charge is -2.25. The fraction of sp³-hybridized carbons (Fsp3) is 0.250. The number of fused-ring (bicyclic) bond motifs is 1. The van der Waals surface area contributed by atoms with Crippen LogP contribution in [0.15, 0.2) is 28.5 Å². The number of carboxylic acids is 1. The minimum Gasteiger partial charge on any atom is -0.494 e. The molecule has 18 heavy (non-hydrogen) atoms. The summed E-state index contributed by atoms with van der Waals surface area (Å²) in [7, 11) is -2.77. The predicted molar refractivity (Wildman–Crippen MR) is 69.0 cm³/mol. The first-order valence-electron chi connectivity index (χ1n) is 5.44. The molecule has 1 aliphatic rings. The first kappa shape index (κ1) is 12.9. The van der Waals surface area contributed by atoms with E-state index in [0.29, 0.717) is 23.7 Å². The van der Waals surface area contributed by atoms with Gasteiger partial charge in [0.25, 0.3) is 0 Å². The number of hydrogen-bond donors (Lipinski definition) is 3. The van der Waals surface area contributed by atoms with Crippen molar-refractivity contribution in [2.45, 2.75) is 17.7 Å². The van der Waals surface area contributed by atoms with E-state index >= 15 is 0 Å². The van der Waals surface area contributed by atoms with Crippen LogP contribution in [0.2, 0.25) is 0 Å². The summed E-state index contributed by atoms with van der Waals surface area (Å²) in [6.45, 7) is 0.324. The van der Waals surface area contributed by atoms with Crippen LogP contribution < -0.4 is 4.74 Å². The summed E-state index contributed by atoms with van der Waals surface area (Å²) in [5.74, 6) is -0.245. The highest BCUT2D eigenvalue weighted by atomic mass is 32.3. The third-order valence-electron chi connectivity index (χ3n) is 2.55. The number of aliphatic carboxylic acids is 1. The first-order valence-corrected chi connectivity index (χ1v) is 7.05. The van der Waals surface area contributed by atoms with E-state index in [0.717, 1.165) is 5.56 Å². The van der Waals surface area contributed by atoms with Crippen molar-refractivity contribution >= 4 is 22.6 Å². The average molecular weight is 270 g/mol. The fourth-order valence-electron chi connectivity index (χ4n) is 1.68. The van der Waals surface area contributed by atoms with E-state index in [1.807, 2.05) is 0 Å². The Balaban J connectivity index is 1.97. The van der Waals surface area contributed by atoms with Crippen molar-refractivity contribution in [2.75, 3.05) is 6.61 Å². The maximum atomic E-state index is 10.3. The van der Waals surface area contributed by atoms with E-state index in [9.17, 15) is 13.9 Å². The van der Waals surface area contributed by atoms with Gasteiger partial charge in [-0.3, -0.25) is 13.9 Å². The van der Waals surface area contributed by atoms with Gasteiger partial charge >= 0.3 is 5.97 Å². The molecule has 0 aromatic heterocycles. The van der Waals surface area contributed by atoms with Gasteiger partial charge in [-0.05, 0) is 30.7 Å². The van der Waals surface area contributed by atoms with Gasteiger partial charge in [-0.1, -0.05) is 0 Å². The van der Waals surface area contributed by atoms with Gasteiger partial charge in [-0.15, -0.1) is 10.6 Å². The number of benzene rings is 1. The Hall–Kier alpha value is -1.50. The van der Waals surface area contributed by atoms with Crippen LogP contribution in [0, 0.1) is 0 Å². The molecule has 0 atom stereocenters. The number of carboxylic acid groups (broad SMARTS) is 1. The largest absolute Gasteiger partial charge is 0.494 e. The van der Waals surface area contributed by atoms with E-state index in [1.165, 1.54) is 5.41 Å². The van der Waals surface area contributed by atoms with Gasteiger partial charge in [0.2, 0.25) is 0 Å². The van der Waals surface area contributed by atoms with Crippen molar-refractivity contribution in [1.82, 2.24) is 0 Å². The van der Waals surface area contributed by atoms with Crippen LogP contribution >= 0.6 is 10.6 Å². The Morgan fingerprint density at radius 3 is 2.83 bits per heavy atom. The van der Waals surface area contributed by atoms with Crippen molar-refractivity contribution in [3.63, 3.8) is 0 Å². The van der Waals surface area contributed by atoms with Crippen molar-refractivity contribution in [2.24, 2.45) is 0 Å². The van der Waals surface area contributed by atoms with Crippen molar-refractivity contribution in [3.05, 3.63) is 29.2 Å². The maximum Gasteiger partial charge on any atom is 0.303 e. The second kappa shape index (κ2) is 5.01. The lowest BCUT2D eigenvalue weighted by Crippen LogP contribution is -2.02. The molecule has 3 N–H and O–H groups in total. The first-order chi connectivity index (χ1) is 8.49. The quantitative estimate of drug-likeness (QED) is 0.716. The summed E-state index contributed by atoms with van der Waals surface area (Å²) in [6, 6.07) is 4.99. The van der Waals surface area contributed by atoms with E-state index in [-0.39, 0.29) is 6.42 Å². The second-order valence-corrected chi connectivity index (χ2v) is 5.84. The molecule has 0 bridgehead atoms. The molecule has 0 saturated heterocycles. The van der Waals surface area contributed by atoms with Crippen LogP contribution in [-0.4, -0.2) is 26.8 Å². The van der Waals surface area contributed by atoms with Crippen LogP contribution in [-0.2, 0) is 4.79 Å². The zero-order valence-corrected chi connectivity index (χ0v) is 10.4. The van der Waals surface area contributed by atoms with E-state index < -0.39 is 16.6 Å². The smallest absolute Gasteiger partial charge is 0.303 e. The molecule has 2 rings (SSSR count). The summed E-state index contributed by atoms with van der Waals surface area (Å²) in [6.07, 6.45) is 2.16. The Kier molecular flexibility index (Phi) is 3.60. The minimum atomic E-state index is -2.77. The van der Waals surface area contributed by atoms with Crippen molar-refractivity contribution < 1.29 is 23.7 Å². The monoisotopic (exact) mass is 270 g/mol. The number of carbonyl (C=O) groups is 1. The van der Waals surface area contributed by atoms with Gasteiger partial charge in [-0.25, -0.2) is 0 Å². The lowest BCUT2D eigenvalue weighted by atomic mass is 10.2. The Bertz CT molecular complexity index is 495. The highest BCUT2D eigenvalue weighted by Gasteiger charge is 2.21. The SMILES string of the molecule is O=C(O)CCCOc1ccc2c(c1)C=CS2(O)O. The maximum absolute atomic E-state index is 10.3. The Morgan fingerprint density at radius 2 is 2.11 bits per heavy atom. The van der Waals surface area contributed by atoms with Gasteiger partial charge in [0.1, 0.15) is 5.75 Å². The van der Waals surface area contributed by atoms with Gasteiger partial charge in [-0.2, -0.15) is 0 Å². The molecule has 0 aliphatic carbocycles. The molecule has 1 aromatic rings. The normalized spacial score (nSPS) is 17.2. The molecule has 0 spiro atoms. The molecule has 5 nitrogen and oxygen atoms in total. The number of ether oxygens (including phenoxy) is 1. The molecule has 0 fully saturated rings. The molecule has 1 heterocycles.